The molecule has 1 aromatic carbocycles. The van der Waals surface area contributed by atoms with E-state index in [1.54, 1.807) is 7.11 Å². The molecule has 1 aliphatic heterocycles. The van der Waals surface area contributed by atoms with Gasteiger partial charge in [-0.3, -0.25) is 0 Å². The lowest BCUT2D eigenvalue weighted by Crippen LogP contribution is -2.23. The molecule has 1 aromatic heterocycles. The average molecular weight is 326 g/mol. The lowest BCUT2D eigenvalue weighted by molar-refractivity contribution is 0.171. The number of ether oxygens (including phenoxy) is 3. The summed E-state index contributed by atoms with van der Waals surface area (Å²) in [6, 6.07) is 10.6. The first-order valence-corrected chi connectivity index (χ1v) is 8.45. The number of hydrogen-bond acceptors (Lipinski definition) is 5. The van der Waals surface area contributed by atoms with Crippen molar-refractivity contribution in [3.05, 3.63) is 47.7 Å². The normalized spacial score (nSPS) is 17.4. The van der Waals surface area contributed by atoms with Gasteiger partial charge in [-0.25, -0.2) is 4.98 Å². The van der Waals surface area contributed by atoms with Gasteiger partial charge in [-0.2, -0.15) is 0 Å². The quantitative estimate of drug-likeness (QED) is 0.884. The summed E-state index contributed by atoms with van der Waals surface area (Å²) in [6.45, 7) is 2.03. The van der Waals surface area contributed by atoms with Gasteiger partial charge in [-0.1, -0.05) is 12.1 Å². The molecular weight excluding hydrogens is 304 g/mol. The SMILES string of the molecule is COc1ccc(CN[C@H](c2ccc3c(c2)OCCO3)C2CC2)cn1. The third kappa shape index (κ3) is 3.31. The lowest BCUT2D eigenvalue weighted by Gasteiger charge is -2.23. The third-order valence-electron chi connectivity index (χ3n) is 4.55. The maximum Gasteiger partial charge on any atom is 0.212 e. The van der Waals surface area contributed by atoms with Crippen molar-refractivity contribution >= 4 is 0 Å². The molecular formula is C19H22N2O3. The van der Waals surface area contributed by atoms with E-state index >= 15 is 0 Å². The average Bonchev–Trinajstić information content (AvgIpc) is 3.47. The van der Waals surface area contributed by atoms with Crippen LogP contribution in [-0.2, 0) is 6.54 Å². The molecule has 1 saturated carbocycles. The van der Waals surface area contributed by atoms with Crippen molar-refractivity contribution in [2.45, 2.75) is 25.4 Å². The second-order valence-corrected chi connectivity index (χ2v) is 6.31. The van der Waals surface area contributed by atoms with Crippen LogP contribution in [0.1, 0.15) is 30.0 Å². The summed E-state index contributed by atoms with van der Waals surface area (Å²) in [5.41, 5.74) is 2.42. The van der Waals surface area contributed by atoms with E-state index in [-0.39, 0.29) is 0 Å². The van der Waals surface area contributed by atoms with Crippen molar-refractivity contribution < 1.29 is 14.2 Å². The minimum absolute atomic E-state index is 0.336. The van der Waals surface area contributed by atoms with Crippen LogP contribution < -0.4 is 19.5 Å². The fraction of sp³-hybridized carbons (Fsp3) is 0.421. The minimum atomic E-state index is 0.336. The molecule has 2 heterocycles. The molecule has 0 unspecified atom stereocenters. The molecule has 2 aliphatic rings. The van der Waals surface area contributed by atoms with Crippen LogP contribution in [0.3, 0.4) is 0 Å². The zero-order valence-corrected chi connectivity index (χ0v) is 13.8. The Morgan fingerprint density at radius 3 is 2.71 bits per heavy atom. The van der Waals surface area contributed by atoms with Gasteiger partial charge >= 0.3 is 0 Å². The topological polar surface area (TPSA) is 52.6 Å². The number of hydrogen-bond donors (Lipinski definition) is 1. The van der Waals surface area contributed by atoms with Crippen LogP contribution in [0.25, 0.3) is 0 Å². The summed E-state index contributed by atoms with van der Waals surface area (Å²) in [6.07, 6.45) is 4.40. The Bertz CT molecular complexity index is 698. The molecule has 1 fully saturated rings. The van der Waals surface area contributed by atoms with Crippen LogP contribution in [-0.4, -0.2) is 25.3 Å². The first-order chi connectivity index (χ1) is 11.8. The van der Waals surface area contributed by atoms with Crippen LogP contribution in [0.5, 0.6) is 17.4 Å². The number of nitrogens with one attached hydrogen (secondary N) is 1. The summed E-state index contributed by atoms with van der Waals surface area (Å²) in [7, 11) is 1.63. The molecule has 0 amide bonds. The number of benzene rings is 1. The van der Waals surface area contributed by atoms with E-state index < -0.39 is 0 Å². The Hall–Kier alpha value is -2.27. The summed E-state index contributed by atoms with van der Waals surface area (Å²) in [5, 5.41) is 3.68. The van der Waals surface area contributed by atoms with E-state index in [4.69, 9.17) is 14.2 Å². The number of pyridine rings is 1. The van der Waals surface area contributed by atoms with Crippen LogP contribution in [0.2, 0.25) is 0 Å². The number of nitrogens with zero attached hydrogens (tertiary/aromatic N) is 1. The van der Waals surface area contributed by atoms with E-state index in [0.29, 0.717) is 31.1 Å². The molecule has 126 valence electrons. The highest BCUT2D eigenvalue weighted by Crippen LogP contribution is 2.43. The summed E-state index contributed by atoms with van der Waals surface area (Å²) >= 11 is 0. The van der Waals surface area contributed by atoms with E-state index in [0.717, 1.165) is 23.6 Å². The van der Waals surface area contributed by atoms with Crippen LogP contribution in [0, 0.1) is 5.92 Å². The smallest absolute Gasteiger partial charge is 0.212 e. The molecule has 0 radical (unpaired) electrons. The standard InChI is InChI=1S/C19H22N2O3/c1-22-18-7-2-13(11-20-18)12-21-19(14-3-4-14)15-5-6-16-17(10-15)24-9-8-23-16/h2,5-7,10-11,14,19,21H,3-4,8-9,12H2,1H3/t19-/m0/s1. The van der Waals surface area contributed by atoms with E-state index in [1.807, 2.05) is 24.4 Å². The zero-order valence-electron chi connectivity index (χ0n) is 13.8. The third-order valence-corrected chi connectivity index (χ3v) is 4.55. The van der Waals surface area contributed by atoms with Crippen molar-refractivity contribution in [1.82, 2.24) is 10.3 Å². The maximum atomic E-state index is 5.73. The van der Waals surface area contributed by atoms with E-state index in [1.165, 1.54) is 18.4 Å². The Labute approximate surface area is 142 Å². The van der Waals surface area contributed by atoms with Gasteiger partial charge in [0.2, 0.25) is 5.88 Å². The van der Waals surface area contributed by atoms with Gasteiger partial charge in [-0.15, -0.1) is 0 Å². The van der Waals surface area contributed by atoms with Gasteiger partial charge in [0.05, 0.1) is 7.11 Å². The summed E-state index contributed by atoms with van der Waals surface area (Å²) < 4.78 is 16.5. The first-order valence-electron chi connectivity index (χ1n) is 8.45. The van der Waals surface area contributed by atoms with Gasteiger partial charge in [0.1, 0.15) is 13.2 Å². The predicted octanol–water partition coefficient (Wildman–Crippen LogP) is 3.10. The van der Waals surface area contributed by atoms with Crippen LogP contribution >= 0.6 is 0 Å². The molecule has 5 heteroatoms. The summed E-state index contributed by atoms with van der Waals surface area (Å²) in [4.78, 5) is 4.27. The maximum absolute atomic E-state index is 5.73. The van der Waals surface area contributed by atoms with Gasteiger partial charge in [-0.05, 0) is 42.0 Å². The molecule has 2 aromatic rings. The highest BCUT2D eigenvalue weighted by Gasteiger charge is 2.32. The number of methoxy groups -OCH3 is 1. The zero-order chi connectivity index (χ0) is 16.4. The van der Waals surface area contributed by atoms with Crippen molar-refractivity contribution in [1.29, 1.82) is 0 Å². The second kappa shape index (κ2) is 6.69. The molecule has 0 saturated heterocycles. The first kappa shape index (κ1) is 15.3. The van der Waals surface area contributed by atoms with E-state index in [9.17, 15) is 0 Å². The fourth-order valence-corrected chi connectivity index (χ4v) is 3.10. The van der Waals surface area contributed by atoms with Crippen molar-refractivity contribution in [3.63, 3.8) is 0 Å². The van der Waals surface area contributed by atoms with E-state index in [2.05, 4.69) is 22.4 Å². The predicted molar refractivity (Wildman–Crippen MR) is 90.5 cm³/mol. The molecule has 0 bridgehead atoms. The molecule has 1 aliphatic carbocycles. The highest BCUT2D eigenvalue weighted by molar-refractivity contribution is 5.45. The Morgan fingerprint density at radius 2 is 2.00 bits per heavy atom. The largest absolute Gasteiger partial charge is 0.486 e. The van der Waals surface area contributed by atoms with Crippen molar-refractivity contribution in [2.24, 2.45) is 5.92 Å². The minimum Gasteiger partial charge on any atom is -0.486 e. The molecule has 0 spiro atoms. The van der Waals surface area contributed by atoms with Gasteiger partial charge in [0, 0.05) is 24.8 Å². The number of aromatic nitrogens is 1. The second-order valence-electron chi connectivity index (χ2n) is 6.31. The Kier molecular flexibility index (Phi) is 4.26. The van der Waals surface area contributed by atoms with Crippen molar-refractivity contribution in [2.75, 3.05) is 20.3 Å². The number of fused-ring (bicyclic) bond motifs is 1. The molecule has 5 nitrogen and oxygen atoms in total. The Balaban J connectivity index is 1.48. The monoisotopic (exact) mass is 326 g/mol. The number of rotatable bonds is 6. The molecule has 1 atom stereocenters. The van der Waals surface area contributed by atoms with Crippen molar-refractivity contribution in [3.8, 4) is 17.4 Å². The van der Waals surface area contributed by atoms with Crippen LogP contribution in [0.4, 0.5) is 0 Å². The van der Waals surface area contributed by atoms with Gasteiger partial charge in [0.25, 0.3) is 0 Å². The summed E-state index contributed by atoms with van der Waals surface area (Å²) in [5.74, 6) is 3.04. The molecule has 4 rings (SSSR count). The fourth-order valence-electron chi connectivity index (χ4n) is 3.10. The molecule has 24 heavy (non-hydrogen) atoms. The Morgan fingerprint density at radius 1 is 1.17 bits per heavy atom. The van der Waals surface area contributed by atoms with Gasteiger partial charge in [0.15, 0.2) is 11.5 Å². The lowest BCUT2D eigenvalue weighted by atomic mass is 10.0. The van der Waals surface area contributed by atoms with Gasteiger partial charge < -0.3 is 19.5 Å². The molecule has 1 N–H and O–H groups in total. The van der Waals surface area contributed by atoms with Crippen LogP contribution in [0.15, 0.2) is 36.5 Å². The highest BCUT2D eigenvalue weighted by atomic mass is 16.6.